The normalized spacial score (nSPS) is 14.0. The molecule has 1 aliphatic rings. The van der Waals surface area contributed by atoms with Gasteiger partial charge in [0.2, 0.25) is 0 Å². The quantitative estimate of drug-likeness (QED) is 0.622. The van der Waals surface area contributed by atoms with E-state index >= 15 is 0 Å². The molecule has 1 aliphatic heterocycles. The minimum absolute atomic E-state index is 0.0568. The van der Waals surface area contributed by atoms with Crippen molar-refractivity contribution in [2.24, 2.45) is 0 Å². The van der Waals surface area contributed by atoms with Crippen LogP contribution in [0.5, 0.6) is 11.5 Å². The molecule has 1 aromatic heterocycles. The standard InChI is InChI=1S/C22H23N3O3S/c1-27-21-4-2-3-19(13-21)24-9-11-25(12-10-24)22(26)17-5-7-20(8-6-17)28-14-18-15-29-16-23-18/h2-8,13,15-16H,9-12,14H2,1H3. The Morgan fingerprint density at radius 2 is 1.86 bits per heavy atom. The minimum Gasteiger partial charge on any atom is -0.497 e. The summed E-state index contributed by atoms with van der Waals surface area (Å²) in [5.41, 5.74) is 4.50. The van der Waals surface area contributed by atoms with Crippen LogP contribution in [0.2, 0.25) is 0 Å². The fourth-order valence-electron chi connectivity index (χ4n) is 3.32. The molecule has 1 fully saturated rings. The zero-order chi connectivity index (χ0) is 20.1. The van der Waals surface area contributed by atoms with E-state index in [1.165, 1.54) is 0 Å². The van der Waals surface area contributed by atoms with Crippen molar-refractivity contribution in [3.63, 3.8) is 0 Å². The van der Waals surface area contributed by atoms with Crippen molar-refractivity contribution in [1.29, 1.82) is 0 Å². The van der Waals surface area contributed by atoms with Crippen LogP contribution < -0.4 is 14.4 Å². The smallest absolute Gasteiger partial charge is 0.253 e. The van der Waals surface area contributed by atoms with Gasteiger partial charge in [-0.15, -0.1) is 11.3 Å². The van der Waals surface area contributed by atoms with Crippen LogP contribution in [0.15, 0.2) is 59.4 Å². The lowest BCUT2D eigenvalue weighted by Gasteiger charge is -2.36. The first kappa shape index (κ1) is 19.3. The number of nitrogens with zero attached hydrogens (tertiary/aromatic N) is 3. The summed E-state index contributed by atoms with van der Waals surface area (Å²) >= 11 is 1.55. The van der Waals surface area contributed by atoms with Gasteiger partial charge in [-0.05, 0) is 36.4 Å². The molecule has 1 saturated heterocycles. The zero-order valence-corrected chi connectivity index (χ0v) is 17.1. The van der Waals surface area contributed by atoms with Crippen LogP contribution in [0.4, 0.5) is 5.69 Å². The molecule has 6 nitrogen and oxygen atoms in total. The highest BCUT2D eigenvalue weighted by molar-refractivity contribution is 7.07. The molecule has 4 rings (SSSR count). The molecular formula is C22H23N3O3S. The summed E-state index contributed by atoms with van der Waals surface area (Å²) in [5, 5.41) is 1.96. The van der Waals surface area contributed by atoms with Crippen LogP contribution in [0.25, 0.3) is 0 Å². The molecule has 0 unspecified atom stereocenters. The Balaban J connectivity index is 1.32. The first-order valence-corrected chi connectivity index (χ1v) is 10.5. The predicted octanol–water partition coefficient (Wildman–Crippen LogP) is 3.69. The first-order valence-electron chi connectivity index (χ1n) is 9.51. The molecule has 0 saturated carbocycles. The summed E-state index contributed by atoms with van der Waals surface area (Å²) in [6.45, 7) is 3.42. The summed E-state index contributed by atoms with van der Waals surface area (Å²) < 4.78 is 11.0. The van der Waals surface area contributed by atoms with Gasteiger partial charge in [0, 0.05) is 48.9 Å². The van der Waals surface area contributed by atoms with Gasteiger partial charge in [0.1, 0.15) is 18.1 Å². The van der Waals surface area contributed by atoms with Gasteiger partial charge in [-0.3, -0.25) is 4.79 Å². The molecule has 7 heteroatoms. The van der Waals surface area contributed by atoms with Crippen LogP contribution in [0.3, 0.4) is 0 Å². The monoisotopic (exact) mass is 409 g/mol. The fraction of sp³-hybridized carbons (Fsp3) is 0.273. The van der Waals surface area contributed by atoms with Crippen LogP contribution in [-0.2, 0) is 6.61 Å². The van der Waals surface area contributed by atoms with E-state index in [2.05, 4.69) is 16.0 Å². The number of carbonyl (C=O) groups excluding carboxylic acids is 1. The topological polar surface area (TPSA) is 54.9 Å². The van der Waals surface area contributed by atoms with E-state index in [4.69, 9.17) is 9.47 Å². The van der Waals surface area contributed by atoms with Crippen molar-refractivity contribution in [1.82, 2.24) is 9.88 Å². The molecule has 1 amide bonds. The van der Waals surface area contributed by atoms with Crippen LogP contribution >= 0.6 is 11.3 Å². The molecule has 0 bridgehead atoms. The van der Waals surface area contributed by atoms with E-state index in [-0.39, 0.29) is 5.91 Å². The lowest BCUT2D eigenvalue weighted by Crippen LogP contribution is -2.48. The van der Waals surface area contributed by atoms with E-state index in [1.807, 2.05) is 52.7 Å². The van der Waals surface area contributed by atoms with Crippen molar-refractivity contribution >= 4 is 22.9 Å². The van der Waals surface area contributed by atoms with E-state index < -0.39 is 0 Å². The first-order chi connectivity index (χ1) is 14.2. The summed E-state index contributed by atoms with van der Waals surface area (Å²) in [7, 11) is 1.67. The number of anilines is 1. The molecule has 0 radical (unpaired) electrons. The highest BCUT2D eigenvalue weighted by atomic mass is 32.1. The molecule has 0 atom stereocenters. The van der Waals surface area contributed by atoms with Gasteiger partial charge < -0.3 is 19.3 Å². The Labute approximate surface area is 174 Å². The van der Waals surface area contributed by atoms with Gasteiger partial charge in [-0.25, -0.2) is 4.98 Å². The molecule has 150 valence electrons. The maximum absolute atomic E-state index is 12.8. The Hall–Kier alpha value is -3.06. The van der Waals surface area contributed by atoms with E-state index in [0.29, 0.717) is 25.3 Å². The number of hydrogen-bond acceptors (Lipinski definition) is 6. The Kier molecular flexibility index (Phi) is 5.95. The van der Waals surface area contributed by atoms with Gasteiger partial charge in [-0.1, -0.05) is 6.07 Å². The average molecular weight is 410 g/mol. The van der Waals surface area contributed by atoms with E-state index in [9.17, 15) is 4.79 Å². The van der Waals surface area contributed by atoms with Crippen LogP contribution in [0.1, 0.15) is 16.1 Å². The fourth-order valence-corrected chi connectivity index (χ4v) is 3.86. The maximum atomic E-state index is 12.8. The third-order valence-corrected chi connectivity index (χ3v) is 5.59. The number of thiazole rings is 1. The molecule has 0 aliphatic carbocycles. The second-order valence-corrected chi connectivity index (χ2v) is 7.49. The number of methoxy groups -OCH3 is 1. The van der Waals surface area contributed by atoms with E-state index in [1.54, 1.807) is 24.0 Å². The SMILES string of the molecule is COc1cccc(N2CCN(C(=O)c3ccc(OCc4cscn4)cc3)CC2)c1. The van der Waals surface area contributed by atoms with Gasteiger partial charge in [0.15, 0.2) is 0 Å². The van der Waals surface area contributed by atoms with Gasteiger partial charge in [0.25, 0.3) is 5.91 Å². The third-order valence-electron chi connectivity index (χ3n) is 4.96. The zero-order valence-electron chi connectivity index (χ0n) is 16.3. The highest BCUT2D eigenvalue weighted by Crippen LogP contribution is 2.23. The lowest BCUT2D eigenvalue weighted by molar-refractivity contribution is 0.0746. The number of carbonyl (C=O) groups is 1. The molecule has 3 aromatic rings. The molecule has 2 aromatic carbocycles. The number of hydrogen-bond donors (Lipinski definition) is 0. The second-order valence-electron chi connectivity index (χ2n) is 6.77. The number of benzene rings is 2. The van der Waals surface area contributed by atoms with Crippen molar-refractivity contribution in [2.75, 3.05) is 38.2 Å². The Morgan fingerprint density at radius 1 is 1.07 bits per heavy atom. The van der Waals surface area contributed by atoms with Crippen LogP contribution in [0, 0.1) is 0 Å². The largest absolute Gasteiger partial charge is 0.497 e. The highest BCUT2D eigenvalue weighted by Gasteiger charge is 2.22. The molecule has 29 heavy (non-hydrogen) atoms. The lowest BCUT2D eigenvalue weighted by atomic mass is 10.1. The maximum Gasteiger partial charge on any atom is 0.253 e. The summed E-state index contributed by atoms with van der Waals surface area (Å²) in [5.74, 6) is 1.64. The number of ether oxygens (including phenoxy) is 2. The van der Waals surface area contributed by atoms with Gasteiger partial charge in [0.05, 0.1) is 18.3 Å². The van der Waals surface area contributed by atoms with Crippen molar-refractivity contribution in [2.45, 2.75) is 6.61 Å². The third kappa shape index (κ3) is 4.68. The molecular weight excluding hydrogens is 386 g/mol. The van der Waals surface area contributed by atoms with Gasteiger partial charge >= 0.3 is 0 Å². The number of amides is 1. The molecule has 0 N–H and O–H groups in total. The second kappa shape index (κ2) is 8.96. The summed E-state index contributed by atoms with van der Waals surface area (Å²) in [6, 6.07) is 15.4. The van der Waals surface area contributed by atoms with E-state index in [0.717, 1.165) is 36.0 Å². The van der Waals surface area contributed by atoms with Crippen molar-refractivity contribution < 1.29 is 14.3 Å². The summed E-state index contributed by atoms with van der Waals surface area (Å²) in [6.07, 6.45) is 0. The van der Waals surface area contributed by atoms with Crippen LogP contribution in [-0.4, -0.2) is 49.1 Å². The van der Waals surface area contributed by atoms with Gasteiger partial charge in [-0.2, -0.15) is 0 Å². The Bertz CT molecular complexity index is 936. The Morgan fingerprint density at radius 3 is 2.55 bits per heavy atom. The number of aromatic nitrogens is 1. The molecule has 2 heterocycles. The number of rotatable bonds is 6. The van der Waals surface area contributed by atoms with Crippen molar-refractivity contribution in [3.8, 4) is 11.5 Å². The predicted molar refractivity (Wildman–Crippen MR) is 114 cm³/mol. The summed E-state index contributed by atoms with van der Waals surface area (Å²) in [4.78, 5) is 21.2. The number of piperazine rings is 1. The minimum atomic E-state index is 0.0568. The average Bonchev–Trinajstić information content (AvgIpc) is 3.31. The van der Waals surface area contributed by atoms with Crippen molar-refractivity contribution in [3.05, 3.63) is 70.7 Å². The molecule has 0 spiro atoms.